The van der Waals surface area contributed by atoms with E-state index in [0.717, 1.165) is 6.42 Å². The number of carbonyl (C=O) groups is 3. The third-order valence-corrected chi connectivity index (χ3v) is 4.91. The van der Waals surface area contributed by atoms with E-state index in [4.69, 9.17) is 4.74 Å². The van der Waals surface area contributed by atoms with E-state index >= 15 is 0 Å². The number of nitrogens with one attached hydrogen (secondary N) is 2. The van der Waals surface area contributed by atoms with E-state index in [1.807, 2.05) is 24.3 Å². The molecular formula is C22H24N2O4. The van der Waals surface area contributed by atoms with Crippen molar-refractivity contribution in [3.05, 3.63) is 59.7 Å². The first-order chi connectivity index (χ1) is 13.5. The van der Waals surface area contributed by atoms with Crippen molar-refractivity contribution in [2.75, 3.05) is 17.2 Å². The van der Waals surface area contributed by atoms with E-state index in [-0.39, 0.29) is 18.1 Å². The highest BCUT2D eigenvalue weighted by Gasteiger charge is 2.56. The minimum atomic E-state index is -1.11. The van der Waals surface area contributed by atoms with Crippen molar-refractivity contribution in [3.8, 4) is 0 Å². The van der Waals surface area contributed by atoms with Gasteiger partial charge in [-0.15, -0.1) is 0 Å². The summed E-state index contributed by atoms with van der Waals surface area (Å²) in [6.45, 7) is 4.02. The molecular weight excluding hydrogens is 356 g/mol. The Balaban J connectivity index is 1.72. The van der Waals surface area contributed by atoms with Crippen molar-refractivity contribution in [2.24, 2.45) is 5.41 Å². The van der Waals surface area contributed by atoms with Gasteiger partial charge in [0, 0.05) is 5.69 Å². The SMILES string of the molecule is CCOC(=O)c1ccccc1NC(=O)C1(C(=O)Nc2ccc(CC)cc2)CC1. The van der Waals surface area contributed by atoms with Gasteiger partial charge in [0.2, 0.25) is 11.8 Å². The first-order valence-corrected chi connectivity index (χ1v) is 9.48. The van der Waals surface area contributed by atoms with Gasteiger partial charge >= 0.3 is 5.97 Å². The van der Waals surface area contributed by atoms with Crippen molar-refractivity contribution in [1.29, 1.82) is 0 Å². The third-order valence-electron chi connectivity index (χ3n) is 4.91. The maximum absolute atomic E-state index is 12.8. The first kappa shape index (κ1) is 19.6. The Kier molecular flexibility index (Phi) is 5.78. The van der Waals surface area contributed by atoms with E-state index in [1.54, 1.807) is 31.2 Å². The van der Waals surface area contributed by atoms with E-state index in [1.165, 1.54) is 5.56 Å². The first-order valence-electron chi connectivity index (χ1n) is 9.48. The highest BCUT2D eigenvalue weighted by atomic mass is 16.5. The van der Waals surface area contributed by atoms with Crippen LogP contribution in [0.1, 0.15) is 42.6 Å². The lowest BCUT2D eigenvalue weighted by Crippen LogP contribution is -2.36. The number of hydrogen-bond donors (Lipinski definition) is 2. The summed E-state index contributed by atoms with van der Waals surface area (Å²) in [4.78, 5) is 37.7. The average molecular weight is 380 g/mol. The zero-order valence-electron chi connectivity index (χ0n) is 16.1. The number of benzene rings is 2. The topological polar surface area (TPSA) is 84.5 Å². The molecule has 1 aliphatic rings. The van der Waals surface area contributed by atoms with Gasteiger partial charge in [-0.2, -0.15) is 0 Å². The second-order valence-electron chi connectivity index (χ2n) is 6.81. The molecule has 1 aliphatic carbocycles. The van der Waals surface area contributed by atoms with Crippen LogP contribution in [0.3, 0.4) is 0 Å². The molecule has 0 atom stereocenters. The Morgan fingerprint density at radius 3 is 2.18 bits per heavy atom. The zero-order chi connectivity index (χ0) is 20.1. The molecule has 2 amide bonds. The molecule has 1 fully saturated rings. The number of esters is 1. The Bertz CT molecular complexity index is 886. The fraction of sp³-hybridized carbons (Fsp3) is 0.318. The highest BCUT2D eigenvalue weighted by molar-refractivity contribution is 6.17. The predicted molar refractivity (Wildman–Crippen MR) is 107 cm³/mol. The molecule has 0 unspecified atom stereocenters. The van der Waals surface area contributed by atoms with E-state index < -0.39 is 17.3 Å². The summed E-state index contributed by atoms with van der Waals surface area (Å²) in [5, 5.41) is 5.57. The van der Waals surface area contributed by atoms with Crippen LogP contribution in [-0.4, -0.2) is 24.4 Å². The van der Waals surface area contributed by atoms with Crippen LogP contribution in [0.25, 0.3) is 0 Å². The fourth-order valence-electron chi connectivity index (χ4n) is 2.98. The molecule has 0 aliphatic heterocycles. The molecule has 0 spiro atoms. The van der Waals surface area contributed by atoms with Crippen molar-refractivity contribution in [2.45, 2.75) is 33.1 Å². The fourth-order valence-corrected chi connectivity index (χ4v) is 2.98. The predicted octanol–water partition coefficient (Wildman–Crippen LogP) is 3.78. The summed E-state index contributed by atoms with van der Waals surface area (Å²) in [5.41, 5.74) is 1.34. The van der Waals surface area contributed by atoms with E-state index in [2.05, 4.69) is 17.6 Å². The monoisotopic (exact) mass is 380 g/mol. The lowest BCUT2D eigenvalue weighted by Gasteiger charge is -2.17. The average Bonchev–Trinajstić information content (AvgIpc) is 3.51. The number of rotatable bonds is 7. The van der Waals surface area contributed by atoms with Crippen LogP contribution in [-0.2, 0) is 20.7 Å². The van der Waals surface area contributed by atoms with Crippen molar-refractivity contribution < 1.29 is 19.1 Å². The van der Waals surface area contributed by atoms with Gasteiger partial charge in [-0.3, -0.25) is 9.59 Å². The summed E-state index contributed by atoms with van der Waals surface area (Å²) < 4.78 is 5.03. The molecule has 6 heteroatoms. The van der Waals surface area contributed by atoms with Gasteiger partial charge in [-0.1, -0.05) is 31.2 Å². The third kappa shape index (κ3) is 4.06. The summed E-state index contributed by atoms with van der Waals surface area (Å²) in [6, 6.07) is 14.2. The number of anilines is 2. The van der Waals surface area contributed by atoms with Crippen LogP contribution in [0.2, 0.25) is 0 Å². The molecule has 0 radical (unpaired) electrons. The van der Waals surface area contributed by atoms with Gasteiger partial charge in [0.15, 0.2) is 0 Å². The molecule has 0 bridgehead atoms. The minimum absolute atomic E-state index is 0.240. The molecule has 0 heterocycles. The van der Waals surface area contributed by atoms with E-state index in [0.29, 0.717) is 24.2 Å². The smallest absolute Gasteiger partial charge is 0.340 e. The van der Waals surface area contributed by atoms with Crippen LogP contribution < -0.4 is 10.6 Å². The number of carbonyl (C=O) groups excluding carboxylic acids is 3. The van der Waals surface area contributed by atoms with Crippen LogP contribution in [0.4, 0.5) is 11.4 Å². The molecule has 2 aromatic carbocycles. The summed E-state index contributed by atoms with van der Waals surface area (Å²) >= 11 is 0. The van der Waals surface area contributed by atoms with Crippen molar-refractivity contribution in [1.82, 2.24) is 0 Å². The maximum atomic E-state index is 12.8. The van der Waals surface area contributed by atoms with Gasteiger partial charge < -0.3 is 15.4 Å². The molecule has 6 nitrogen and oxygen atoms in total. The van der Waals surface area contributed by atoms with Gasteiger partial charge in [0.1, 0.15) is 5.41 Å². The normalized spacial score (nSPS) is 14.1. The second kappa shape index (κ2) is 8.25. The number of amides is 2. The summed E-state index contributed by atoms with van der Waals surface area (Å²) in [5.74, 6) is -1.25. The molecule has 0 aromatic heterocycles. The van der Waals surface area contributed by atoms with E-state index in [9.17, 15) is 14.4 Å². The number of para-hydroxylation sites is 1. The number of ether oxygens (including phenoxy) is 1. The molecule has 0 saturated heterocycles. The van der Waals surface area contributed by atoms with Crippen LogP contribution in [0, 0.1) is 5.41 Å². The molecule has 1 saturated carbocycles. The Morgan fingerprint density at radius 1 is 0.929 bits per heavy atom. The van der Waals surface area contributed by atoms with Gasteiger partial charge in [-0.25, -0.2) is 4.79 Å². The molecule has 2 N–H and O–H groups in total. The standard InChI is InChI=1S/C22H24N2O4/c1-3-15-9-11-16(12-10-15)23-20(26)22(13-14-22)21(27)24-18-8-6-5-7-17(18)19(25)28-4-2/h5-12H,3-4,13-14H2,1-2H3,(H,23,26)(H,24,27). The minimum Gasteiger partial charge on any atom is -0.462 e. The zero-order valence-corrected chi connectivity index (χ0v) is 16.1. The van der Waals surface area contributed by atoms with Gasteiger partial charge in [0.05, 0.1) is 17.9 Å². The summed E-state index contributed by atoms with van der Waals surface area (Å²) in [6.07, 6.45) is 1.86. The number of aryl methyl sites for hydroxylation is 1. The highest BCUT2D eigenvalue weighted by Crippen LogP contribution is 2.47. The van der Waals surface area contributed by atoms with Crippen molar-refractivity contribution in [3.63, 3.8) is 0 Å². The lowest BCUT2D eigenvalue weighted by atomic mass is 10.0. The van der Waals surface area contributed by atoms with Crippen LogP contribution in [0.5, 0.6) is 0 Å². The maximum Gasteiger partial charge on any atom is 0.340 e. The quantitative estimate of drug-likeness (QED) is 0.565. The molecule has 2 aromatic rings. The van der Waals surface area contributed by atoms with Crippen LogP contribution >= 0.6 is 0 Å². The Labute approximate surface area is 164 Å². The largest absolute Gasteiger partial charge is 0.462 e. The lowest BCUT2D eigenvalue weighted by molar-refractivity contribution is -0.131. The molecule has 3 rings (SSSR count). The Morgan fingerprint density at radius 2 is 1.57 bits per heavy atom. The second-order valence-corrected chi connectivity index (χ2v) is 6.81. The number of hydrogen-bond acceptors (Lipinski definition) is 4. The van der Waals surface area contributed by atoms with Crippen molar-refractivity contribution >= 4 is 29.2 Å². The van der Waals surface area contributed by atoms with Gasteiger partial charge in [0.25, 0.3) is 0 Å². The van der Waals surface area contributed by atoms with Crippen LogP contribution in [0.15, 0.2) is 48.5 Å². The van der Waals surface area contributed by atoms with Gasteiger partial charge in [-0.05, 0) is 56.0 Å². The molecule has 146 valence electrons. The Hall–Kier alpha value is -3.15. The summed E-state index contributed by atoms with van der Waals surface area (Å²) in [7, 11) is 0. The molecule has 28 heavy (non-hydrogen) atoms.